The number of rotatable bonds is 3. The molecule has 1 aromatic carbocycles. The molecule has 0 saturated carbocycles. The van der Waals surface area contributed by atoms with Gasteiger partial charge in [-0.15, -0.1) is 0 Å². The Morgan fingerprint density at radius 2 is 1.93 bits per heavy atom. The van der Waals surface area contributed by atoms with Crippen molar-refractivity contribution in [1.82, 2.24) is 9.47 Å². The fourth-order valence-electron chi connectivity index (χ4n) is 4.32. The average molecular weight is 377 g/mol. The third kappa shape index (κ3) is 2.79. The summed E-state index contributed by atoms with van der Waals surface area (Å²) in [5.41, 5.74) is -1.50. The zero-order valence-corrected chi connectivity index (χ0v) is 15.0. The van der Waals surface area contributed by atoms with Gasteiger partial charge in [-0.1, -0.05) is 0 Å². The van der Waals surface area contributed by atoms with Gasteiger partial charge in [0.1, 0.15) is 17.1 Å². The monoisotopic (exact) mass is 377 g/mol. The summed E-state index contributed by atoms with van der Waals surface area (Å²) >= 11 is 0. The van der Waals surface area contributed by atoms with Crippen molar-refractivity contribution in [3.05, 3.63) is 39.7 Å². The number of carboxylic acid groups (broad SMARTS) is 1. The maximum atomic E-state index is 15.5. The van der Waals surface area contributed by atoms with Crippen LogP contribution in [0.4, 0.5) is 14.5 Å². The molecule has 0 radical (unpaired) electrons. The second kappa shape index (κ2) is 6.60. The van der Waals surface area contributed by atoms with Crippen molar-refractivity contribution >= 4 is 22.6 Å². The molecule has 1 aromatic heterocycles. The van der Waals surface area contributed by atoms with Crippen LogP contribution in [0.15, 0.2) is 17.1 Å². The molecule has 6 nitrogen and oxygen atoms in total. The van der Waals surface area contributed by atoms with Crippen LogP contribution in [0.1, 0.15) is 30.1 Å². The predicted molar refractivity (Wildman–Crippen MR) is 97.6 cm³/mol. The van der Waals surface area contributed by atoms with E-state index in [4.69, 9.17) is 0 Å². The molecule has 3 aliphatic rings. The van der Waals surface area contributed by atoms with Crippen molar-refractivity contribution in [3.8, 4) is 0 Å². The number of benzene rings is 1. The number of fused-ring (bicyclic) bond motifs is 5. The zero-order valence-electron chi connectivity index (χ0n) is 15.0. The minimum Gasteiger partial charge on any atom is -0.477 e. The lowest BCUT2D eigenvalue weighted by molar-refractivity contribution is 0.0695. The van der Waals surface area contributed by atoms with E-state index in [1.807, 2.05) is 0 Å². The van der Waals surface area contributed by atoms with Crippen LogP contribution >= 0.6 is 0 Å². The summed E-state index contributed by atoms with van der Waals surface area (Å²) in [6, 6.07) is 1.05. The average Bonchev–Trinajstić information content (AvgIpc) is 2.96. The highest BCUT2D eigenvalue weighted by atomic mass is 19.1. The molecule has 5 rings (SSSR count). The summed E-state index contributed by atoms with van der Waals surface area (Å²) in [6.07, 6.45) is 2.82. The highest BCUT2D eigenvalue weighted by molar-refractivity contribution is 5.93. The summed E-state index contributed by atoms with van der Waals surface area (Å²) in [5.74, 6) is -3.02. The van der Waals surface area contributed by atoms with Gasteiger partial charge in [0.15, 0.2) is 5.82 Å². The second-order valence-corrected chi connectivity index (χ2v) is 7.15. The van der Waals surface area contributed by atoms with Crippen molar-refractivity contribution in [2.45, 2.75) is 32.4 Å². The molecule has 3 fully saturated rings. The van der Waals surface area contributed by atoms with Gasteiger partial charge in [0.05, 0.1) is 10.9 Å². The number of carboxylic acids is 1. The molecule has 0 spiro atoms. The van der Waals surface area contributed by atoms with Crippen LogP contribution in [0, 0.1) is 11.6 Å². The first-order valence-corrected chi connectivity index (χ1v) is 9.19. The molecule has 0 atom stereocenters. The molecule has 8 heteroatoms. The third-order valence-electron chi connectivity index (χ3n) is 5.74. The van der Waals surface area contributed by atoms with Crippen LogP contribution in [0.5, 0.6) is 0 Å². The standard InChI is InChI=1S/C19H21F2N3O3/c1-2-23-10-13(19(26)27)18(25)12-9-14(20)17(15(21)16(12)23)24-8-7-22-5-3-11(24)4-6-22/h9-11H,2-8H2,1H3,(H,26,27). The van der Waals surface area contributed by atoms with E-state index in [0.29, 0.717) is 6.54 Å². The molecule has 0 unspecified atom stereocenters. The topological polar surface area (TPSA) is 65.8 Å². The summed E-state index contributed by atoms with van der Waals surface area (Å²) in [5, 5.41) is 8.99. The molecule has 1 N–H and O–H groups in total. The number of pyridine rings is 1. The van der Waals surface area contributed by atoms with Crippen molar-refractivity contribution in [3.63, 3.8) is 0 Å². The molecule has 2 bridgehead atoms. The number of piperidine rings is 1. The SMILES string of the molecule is CCn1cc(C(=O)O)c(=O)c2cc(F)c(N3CCN4CCC3CC4)c(F)c21. The molecule has 0 aliphatic carbocycles. The fraction of sp³-hybridized carbons (Fsp3) is 0.474. The fourth-order valence-corrected chi connectivity index (χ4v) is 4.32. The number of halogens is 2. The molecule has 4 heterocycles. The van der Waals surface area contributed by atoms with E-state index in [9.17, 15) is 19.1 Å². The van der Waals surface area contributed by atoms with Crippen LogP contribution in [-0.4, -0.2) is 52.8 Å². The number of aryl methyl sites for hydroxylation is 1. The highest BCUT2D eigenvalue weighted by Crippen LogP contribution is 2.34. The highest BCUT2D eigenvalue weighted by Gasteiger charge is 2.33. The molecular weight excluding hydrogens is 356 g/mol. The lowest BCUT2D eigenvalue weighted by Gasteiger charge is -2.33. The van der Waals surface area contributed by atoms with Crippen molar-refractivity contribution in [1.29, 1.82) is 0 Å². The lowest BCUT2D eigenvalue weighted by Crippen LogP contribution is -2.39. The first-order valence-electron chi connectivity index (χ1n) is 9.19. The quantitative estimate of drug-likeness (QED) is 0.889. The number of anilines is 1. The molecular formula is C19H21F2N3O3. The molecule has 2 aromatic rings. The van der Waals surface area contributed by atoms with Crippen LogP contribution in [0.2, 0.25) is 0 Å². The normalized spacial score (nSPS) is 22.3. The summed E-state index contributed by atoms with van der Waals surface area (Å²) in [4.78, 5) is 27.9. The number of carbonyl (C=O) groups is 1. The van der Waals surface area contributed by atoms with Gasteiger partial charge in [-0.3, -0.25) is 4.79 Å². The zero-order chi connectivity index (χ0) is 19.3. The first-order chi connectivity index (χ1) is 12.9. The molecule has 144 valence electrons. The number of hydrogen-bond acceptors (Lipinski definition) is 4. The van der Waals surface area contributed by atoms with Gasteiger partial charge in [0, 0.05) is 45.0 Å². The molecule has 3 saturated heterocycles. The van der Waals surface area contributed by atoms with Gasteiger partial charge in [-0.05, 0) is 25.8 Å². The Morgan fingerprint density at radius 3 is 2.56 bits per heavy atom. The maximum Gasteiger partial charge on any atom is 0.341 e. The Kier molecular flexibility index (Phi) is 4.38. The van der Waals surface area contributed by atoms with Gasteiger partial charge >= 0.3 is 5.97 Å². The van der Waals surface area contributed by atoms with Crippen LogP contribution in [-0.2, 0) is 6.54 Å². The first kappa shape index (κ1) is 17.9. The minimum atomic E-state index is -1.41. The summed E-state index contributed by atoms with van der Waals surface area (Å²) in [6.45, 7) is 5.08. The van der Waals surface area contributed by atoms with E-state index in [2.05, 4.69) is 4.90 Å². The summed E-state index contributed by atoms with van der Waals surface area (Å²) < 4.78 is 31.9. The Morgan fingerprint density at radius 1 is 1.22 bits per heavy atom. The predicted octanol–water partition coefficient (Wildman–Crippen LogP) is 2.28. The number of nitrogens with zero attached hydrogens (tertiary/aromatic N) is 3. The Hall–Kier alpha value is -2.48. The van der Waals surface area contributed by atoms with Crippen LogP contribution < -0.4 is 10.3 Å². The van der Waals surface area contributed by atoms with Crippen molar-refractivity contribution in [2.24, 2.45) is 0 Å². The Bertz CT molecular complexity index is 981. The lowest BCUT2D eigenvalue weighted by atomic mass is 10.0. The van der Waals surface area contributed by atoms with E-state index in [0.717, 1.165) is 44.7 Å². The van der Waals surface area contributed by atoms with Crippen molar-refractivity contribution in [2.75, 3.05) is 31.1 Å². The van der Waals surface area contributed by atoms with Gasteiger partial charge in [-0.25, -0.2) is 13.6 Å². The van der Waals surface area contributed by atoms with Crippen molar-refractivity contribution < 1.29 is 18.7 Å². The number of aromatic carboxylic acids is 1. The summed E-state index contributed by atoms with van der Waals surface area (Å²) in [7, 11) is 0. The number of hydrogen-bond donors (Lipinski definition) is 1. The van der Waals surface area contributed by atoms with E-state index >= 15 is 4.39 Å². The van der Waals surface area contributed by atoms with E-state index in [1.54, 1.807) is 11.8 Å². The van der Waals surface area contributed by atoms with Crippen LogP contribution in [0.25, 0.3) is 10.9 Å². The number of aromatic nitrogens is 1. The largest absolute Gasteiger partial charge is 0.477 e. The van der Waals surface area contributed by atoms with Gasteiger partial charge in [0.2, 0.25) is 5.43 Å². The second-order valence-electron chi connectivity index (χ2n) is 7.15. The Labute approximate surface area is 154 Å². The van der Waals surface area contributed by atoms with Gasteiger partial charge < -0.3 is 19.5 Å². The third-order valence-corrected chi connectivity index (χ3v) is 5.74. The minimum absolute atomic E-state index is 0.0389. The van der Waals surface area contributed by atoms with E-state index in [-0.39, 0.29) is 29.2 Å². The smallest absolute Gasteiger partial charge is 0.341 e. The molecule has 27 heavy (non-hydrogen) atoms. The molecule has 0 amide bonds. The Balaban J connectivity index is 1.97. The van der Waals surface area contributed by atoms with E-state index < -0.39 is 28.6 Å². The van der Waals surface area contributed by atoms with Crippen LogP contribution in [0.3, 0.4) is 0 Å². The van der Waals surface area contributed by atoms with Gasteiger partial charge in [-0.2, -0.15) is 0 Å². The molecule has 3 aliphatic heterocycles. The van der Waals surface area contributed by atoms with Gasteiger partial charge in [0.25, 0.3) is 0 Å². The maximum absolute atomic E-state index is 15.5. The van der Waals surface area contributed by atoms with E-state index in [1.165, 1.54) is 4.57 Å².